The number of hydrogen-bond donors (Lipinski definition) is 1. The predicted molar refractivity (Wildman–Crippen MR) is 79.0 cm³/mol. The summed E-state index contributed by atoms with van der Waals surface area (Å²) in [6.45, 7) is -0.0246. The van der Waals surface area contributed by atoms with Crippen LogP contribution < -0.4 is 10.9 Å². The average Bonchev–Trinajstić information content (AvgIpc) is 2.95. The normalized spacial score (nSPS) is 10.6. The fraction of sp³-hybridized carbons (Fsp3) is 0.0714. The lowest BCUT2D eigenvalue weighted by Crippen LogP contribution is -2.27. The Morgan fingerprint density at radius 1 is 1.30 bits per heavy atom. The number of rotatable bonds is 3. The van der Waals surface area contributed by atoms with Gasteiger partial charge in [0.1, 0.15) is 6.54 Å². The van der Waals surface area contributed by atoms with E-state index in [9.17, 15) is 9.59 Å². The van der Waals surface area contributed by atoms with E-state index in [4.69, 9.17) is 0 Å². The molecule has 1 aromatic carbocycles. The molecule has 0 saturated carbocycles. The highest BCUT2D eigenvalue weighted by Crippen LogP contribution is 2.11. The molecule has 0 unspecified atom stereocenters. The zero-order valence-corrected chi connectivity index (χ0v) is 11.3. The summed E-state index contributed by atoms with van der Waals surface area (Å²) in [5.74, 6) is -0.266. The standard InChI is InChI=1S/C14H11N3O2S/c18-12(16-14-15-6-8-20-14)9-17-7-5-10-3-1-2-4-11(10)13(17)19/h1-8H,9H2,(H,15,16,18). The smallest absolute Gasteiger partial charge is 0.258 e. The molecule has 3 rings (SSSR count). The van der Waals surface area contributed by atoms with E-state index in [0.717, 1.165) is 5.39 Å². The molecule has 0 radical (unpaired) electrons. The van der Waals surface area contributed by atoms with Crippen LogP contribution in [0, 0.1) is 0 Å². The van der Waals surface area contributed by atoms with Gasteiger partial charge in [-0.05, 0) is 17.5 Å². The Morgan fingerprint density at radius 2 is 2.15 bits per heavy atom. The van der Waals surface area contributed by atoms with Gasteiger partial charge in [0, 0.05) is 23.2 Å². The van der Waals surface area contributed by atoms with Crippen LogP contribution in [-0.2, 0) is 11.3 Å². The molecule has 100 valence electrons. The van der Waals surface area contributed by atoms with Gasteiger partial charge in [0.15, 0.2) is 5.13 Å². The highest BCUT2D eigenvalue weighted by molar-refractivity contribution is 7.13. The number of hydrogen-bond acceptors (Lipinski definition) is 4. The van der Waals surface area contributed by atoms with Crippen molar-refractivity contribution in [2.75, 3.05) is 5.32 Å². The van der Waals surface area contributed by atoms with Crippen LogP contribution in [-0.4, -0.2) is 15.5 Å². The first-order valence-corrected chi connectivity index (χ1v) is 6.89. The number of thiazole rings is 1. The lowest BCUT2D eigenvalue weighted by Gasteiger charge is -2.06. The quantitative estimate of drug-likeness (QED) is 0.801. The van der Waals surface area contributed by atoms with E-state index < -0.39 is 0 Å². The van der Waals surface area contributed by atoms with Crippen LogP contribution >= 0.6 is 11.3 Å². The zero-order valence-electron chi connectivity index (χ0n) is 10.4. The van der Waals surface area contributed by atoms with Crippen LogP contribution in [0.15, 0.2) is 52.9 Å². The molecule has 0 aliphatic rings. The lowest BCUT2D eigenvalue weighted by molar-refractivity contribution is -0.116. The third kappa shape index (κ3) is 2.46. The van der Waals surface area contributed by atoms with Crippen molar-refractivity contribution in [2.45, 2.75) is 6.54 Å². The number of nitrogens with zero attached hydrogens (tertiary/aromatic N) is 2. The molecule has 5 nitrogen and oxygen atoms in total. The predicted octanol–water partition coefficient (Wildman–Crippen LogP) is 2.10. The summed E-state index contributed by atoms with van der Waals surface area (Å²) in [6, 6.07) is 9.14. The summed E-state index contributed by atoms with van der Waals surface area (Å²) in [5, 5.41) is 6.44. The molecule has 2 aromatic heterocycles. The Bertz CT molecular complexity index is 809. The van der Waals surface area contributed by atoms with Gasteiger partial charge in [0.25, 0.3) is 5.56 Å². The van der Waals surface area contributed by atoms with Crippen molar-refractivity contribution in [1.29, 1.82) is 0 Å². The zero-order chi connectivity index (χ0) is 13.9. The number of carbonyl (C=O) groups is 1. The molecule has 0 aliphatic carbocycles. The van der Waals surface area contributed by atoms with Crippen molar-refractivity contribution in [1.82, 2.24) is 9.55 Å². The molecule has 0 aliphatic heterocycles. The molecule has 2 heterocycles. The number of aromatic nitrogens is 2. The van der Waals surface area contributed by atoms with Crippen molar-refractivity contribution in [2.24, 2.45) is 0 Å². The third-order valence-corrected chi connectivity index (χ3v) is 3.57. The molecule has 0 spiro atoms. The van der Waals surface area contributed by atoms with Crippen molar-refractivity contribution in [3.05, 3.63) is 58.5 Å². The monoisotopic (exact) mass is 285 g/mol. The number of benzene rings is 1. The van der Waals surface area contributed by atoms with Crippen LogP contribution in [0.2, 0.25) is 0 Å². The third-order valence-electron chi connectivity index (χ3n) is 2.88. The Hall–Kier alpha value is -2.47. The largest absolute Gasteiger partial charge is 0.306 e. The van der Waals surface area contributed by atoms with Gasteiger partial charge in [-0.3, -0.25) is 9.59 Å². The maximum Gasteiger partial charge on any atom is 0.258 e. The van der Waals surface area contributed by atoms with Gasteiger partial charge in [-0.2, -0.15) is 0 Å². The Morgan fingerprint density at radius 3 is 2.95 bits per heavy atom. The molecular weight excluding hydrogens is 274 g/mol. The molecule has 6 heteroatoms. The van der Waals surface area contributed by atoms with E-state index >= 15 is 0 Å². The van der Waals surface area contributed by atoms with Gasteiger partial charge in [0.2, 0.25) is 5.91 Å². The van der Waals surface area contributed by atoms with E-state index in [-0.39, 0.29) is 18.0 Å². The molecular formula is C14H11N3O2S. The van der Waals surface area contributed by atoms with E-state index in [1.54, 1.807) is 23.8 Å². The van der Waals surface area contributed by atoms with Gasteiger partial charge in [-0.15, -0.1) is 11.3 Å². The second kappa shape index (κ2) is 5.26. The molecule has 0 fully saturated rings. The van der Waals surface area contributed by atoms with Crippen molar-refractivity contribution < 1.29 is 4.79 Å². The minimum absolute atomic E-state index is 0.0246. The maximum atomic E-state index is 12.2. The summed E-state index contributed by atoms with van der Waals surface area (Å²) >= 11 is 1.34. The summed E-state index contributed by atoms with van der Waals surface area (Å²) < 4.78 is 1.39. The SMILES string of the molecule is O=C(Cn1ccc2ccccc2c1=O)Nc1nccs1. The minimum Gasteiger partial charge on any atom is -0.306 e. The Labute approximate surface area is 118 Å². The Kier molecular flexibility index (Phi) is 3.30. The molecule has 0 saturated heterocycles. The van der Waals surface area contributed by atoms with Gasteiger partial charge in [0.05, 0.1) is 0 Å². The fourth-order valence-corrected chi connectivity index (χ4v) is 2.50. The first-order valence-electron chi connectivity index (χ1n) is 6.01. The maximum absolute atomic E-state index is 12.2. The van der Waals surface area contributed by atoms with Gasteiger partial charge < -0.3 is 9.88 Å². The van der Waals surface area contributed by atoms with Gasteiger partial charge in [-0.25, -0.2) is 4.98 Å². The van der Waals surface area contributed by atoms with E-state index in [0.29, 0.717) is 10.5 Å². The van der Waals surface area contributed by atoms with Crippen LogP contribution in [0.4, 0.5) is 5.13 Å². The average molecular weight is 285 g/mol. The molecule has 1 amide bonds. The second-order valence-electron chi connectivity index (χ2n) is 4.22. The number of anilines is 1. The highest BCUT2D eigenvalue weighted by Gasteiger charge is 2.08. The van der Waals surface area contributed by atoms with Crippen LogP contribution in [0.25, 0.3) is 10.8 Å². The number of carbonyl (C=O) groups excluding carboxylic acids is 1. The van der Waals surface area contributed by atoms with E-state index in [1.807, 2.05) is 24.3 Å². The summed E-state index contributed by atoms with van der Waals surface area (Å²) in [5.41, 5.74) is -0.169. The summed E-state index contributed by atoms with van der Waals surface area (Å²) in [7, 11) is 0. The van der Waals surface area contributed by atoms with Crippen molar-refractivity contribution >= 4 is 33.1 Å². The van der Waals surface area contributed by atoms with E-state index in [1.165, 1.54) is 15.9 Å². The molecule has 1 N–H and O–H groups in total. The fourth-order valence-electron chi connectivity index (χ4n) is 1.95. The topological polar surface area (TPSA) is 64.0 Å². The Balaban J connectivity index is 1.86. The van der Waals surface area contributed by atoms with Gasteiger partial charge >= 0.3 is 0 Å². The van der Waals surface area contributed by atoms with Gasteiger partial charge in [-0.1, -0.05) is 18.2 Å². The molecule has 3 aromatic rings. The van der Waals surface area contributed by atoms with Crippen LogP contribution in [0.3, 0.4) is 0 Å². The summed E-state index contributed by atoms with van der Waals surface area (Å²) in [6.07, 6.45) is 3.24. The number of amides is 1. The molecule has 20 heavy (non-hydrogen) atoms. The summed E-state index contributed by atoms with van der Waals surface area (Å²) in [4.78, 5) is 28.1. The van der Waals surface area contributed by atoms with Crippen LogP contribution in [0.1, 0.15) is 0 Å². The van der Waals surface area contributed by atoms with E-state index in [2.05, 4.69) is 10.3 Å². The number of nitrogens with one attached hydrogen (secondary N) is 1. The lowest BCUT2D eigenvalue weighted by atomic mass is 10.2. The number of pyridine rings is 1. The second-order valence-corrected chi connectivity index (χ2v) is 5.12. The van der Waals surface area contributed by atoms with Crippen molar-refractivity contribution in [3.8, 4) is 0 Å². The van der Waals surface area contributed by atoms with Crippen LogP contribution in [0.5, 0.6) is 0 Å². The first-order chi connectivity index (χ1) is 9.74. The highest BCUT2D eigenvalue weighted by atomic mass is 32.1. The molecule has 0 atom stereocenters. The minimum atomic E-state index is -0.266. The van der Waals surface area contributed by atoms with Crippen molar-refractivity contribution in [3.63, 3.8) is 0 Å². The number of fused-ring (bicyclic) bond motifs is 1. The molecule has 0 bridgehead atoms. The first kappa shape index (κ1) is 12.6.